The Morgan fingerprint density at radius 1 is 1.56 bits per heavy atom. The van der Waals surface area contributed by atoms with Crippen LogP contribution in [0.25, 0.3) is 0 Å². The maximum atomic E-state index is 11.8. The van der Waals surface area contributed by atoms with Gasteiger partial charge >= 0.3 is 0 Å². The second-order valence-electron chi connectivity index (χ2n) is 4.71. The zero-order valence-corrected chi connectivity index (χ0v) is 10.6. The third-order valence-corrected chi connectivity index (χ3v) is 2.96. The quantitative estimate of drug-likeness (QED) is 0.731. The SMILES string of the molecule is CCOC(C)CNC(=O)C1CNCC(C)C1. The Bertz CT molecular complexity index is 221. The van der Waals surface area contributed by atoms with E-state index in [0.29, 0.717) is 19.1 Å². The Balaban J connectivity index is 2.23. The van der Waals surface area contributed by atoms with Gasteiger partial charge in [0, 0.05) is 19.7 Å². The molecule has 94 valence electrons. The second kappa shape index (κ2) is 6.86. The molecular formula is C12H24N2O2. The maximum Gasteiger partial charge on any atom is 0.224 e. The zero-order valence-electron chi connectivity index (χ0n) is 10.6. The Morgan fingerprint density at radius 2 is 2.31 bits per heavy atom. The van der Waals surface area contributed by atoms with E-state index >= 15 is 0 Å². The smallest absolute Gasteiger partial charge is 0.224 e. The van der Waals surface area contributed by atoms with Crippen LogP contribution in [0.2, 0.25) is 0 Å². The molecular weight excluding hydrogens is 204 g/mol. The first-order valence-corrected chi connectivity index (χ1v) is 6.23. The predicted molar refractivity (Wildman–Crippen MR) is 64.2 cm³/mol. The summed E-state index contributed by atoms with van der Waals surface area (Å²) in [5.41, 5.74) is 0. The van der Waals surface area contributed by atoms with Crippen molar-refractivity contribution >= 4 is 5.91 Å². The van der Waals surface area contributed by atoms with Gasteiger partial charge < -0.3 is 15.4 Å². The molecule has 1 aliphatic heterocycles. The summed E-state index contributed by atoms with van der Waals surface area (Å²) in [6.45, 7) is 9.25. The average Bonchev–Trinajstić information content (AvgIpc) is 2.26. The van der Waals surface area contributed by atoms with Crippen molar-refractivity contribution in [1.82, 2.24) is 10.6 Å². The predicted octanol–water partition coefficient (Wildman–Crippen LogP) is 0.773. The number of rotatable bonds is 5. The van der Waals surface area contributed by atoms with Crippen molar-refractivity contribution in [3.05, 3.63) is 0 Å². The largest absolute Gasteiger partial charge is 0.377 e. The third-order valence-electron chi connectivity index (χ3n) is 2.96. The van der Waals surface area contributed by atoms with E-state index < -0.39 is 0 Å². The highest BCUT2D eigenvalue weighted by atomic mass is 16.5. The summed E-state index contributed by atoms with van der Waals surface area (Å²) in [7, 11) is 0. The fraction of sp³-hybridized carbons (Fsp3) is 0.917. The highest BCUT2D eigenvalue weighted by Crippen LogP contribution is 2.15. The minimum Gasteiger partial charge on any atom is -0.377 e. The summed E-state index contributed by atoms with van der Waals surface area (Å²) in [5.74, 6) is 0.872. The minimum atomic E-state index is 0.0999. The van der Waals surface area contributed by atoms with E-state index in [4.69, 9.17) is 4.74 Å². The van der Waals surface area contributed by atoms with Crippen molar-refractivity contribution in [3.63, 3.8) is 0 Å². The van der Waals surface area contributed by atoms with E-state index in [0.717, 1.165) is 19.5 Å². The van der Waals surface area contributed by atoms with Gasteiger partial charge in [-0.1, -0.05) is 6.92 Å². The van der Waals surface area contributed by atoms with Gasteiger partial charge in [0.25, 0.3) is 0 Å². The first kappa shape index (κ1) is 13.5. The van der Waals surface area contributed by atoms with Crippen molar-refractivity contribution in [2.45, 2.75) is 33.3 Å². The van der Waals surface area contributed by atoms with Gasteiger partial charge in [-0.25, -0.2) is 0 Å². The molecule has 4 nitrogen and oxygen atoms in total. The van der Waals surface area contributed by atoms with Gasteiger partial charge in [-0.3, -0.25) is 4.79 Å². The summed E-state index contributed by atoms with van der Waals surface area (Å²) in [6.07, 6.45) is 1.09. The van der Waals surface area contributed by atoms with Crippen molar-refractivity contribution < 1.29 is 9.53 Å². The molecule has 4 heteroatoms. The lowest BCUT2D eigenvalue weighted by molar-refractivity contribution is -0.126. The summed E-state index contributed by atoms with van der Waals surface area (Å²) >= 11 is 0. The fourth-order valence-electron chi connectivity index (χ4n) is 2.09. The number of amides is 1. The highest BCUT2D eigenvalue weighted by molar-refractivity contribution is 5.79. The van der Waals surface area contributed by atoms with Crippen LogP contribution in [0, 0.1) is 11.8 Å². The van der Waals surface area contributed by atoms with Crippen LogP contribution in [0.5, 0.6) is 0 Å². The molecule has 0 saturated carbocycles. The zero-order chi connectivity index (χ0) is 12.0. The molecule has 1 heterocycles. The topological polar surface area (TPSA) is 50.4 Å². The number of carbonyl (C=O) groups excluding carboxylic acids is 1. The molecule has 0 aliphatic carbocycles. The van der Waals surface area contributed by atoms with Crippen LogP contribution in [-0.4, -0.2) is 38.3 Å². The number of carbonyl (C=O) groups is 1. The Morgan fingerprint density at radius 3 is 2.94 bits per heavy atom. The number of nitrogens with one attached hydrogen (secondary N) is 2. The number of hydrogen-bond donors (Lipinski definition) is 2. The molecule has 1 aliphatic rings. The molecule has 1 amide bonds. The number of piperidine rings is 1. The van der Waals surface area contributed by atoms with Gasteiger partial charge in [0.15, 0.2) is 0 Å². The molecule has 0 aromatic heterocycles. The second-order valence-corrected chi connectivity index (χ2v) is 4.71. The van der Waals surface area contributed by atoms with Crippen molar-refractivity contribution in [1.29, 1.82) is 0 Å². The van der Waals surface area contributed by atoms with E-state index in [2.05, 4.69) is 17.6 Å². The van der Waals surface area contributed by atoms with E-state index in [1.807, 2.05) is 13.8 Å². The summed E-state index contributed by atoms with van der Waals surface area (Å²) in [5, 5.41) is 6.24. The summed E-state index contributed by atoms with van der Waals surface area (Å²) in [6, 6.07) is 0. The molecule has 0 bridgehead atoms. The van der Waals surface area contributed by atoms with Crippen LogP contribution in [0.3, 0.4) is 0 Å². The molecule has 0 aromatic rings. The van der Waals surface area contributed by atoms with Crippen LogP contribution >= 0.6 is 0 Å². The molecule has 1 saturated heterocycles. The molecule has 1 rings (SSSR count). The molecule has 3 unspecified atom stereocenters. The fourth-order valence-corrected chi connectivity index (χ4v) is 2.09. The van der Waals surface area contributed by atoms with Crippen LogP contribution in [-0.2, 0) is 9.53 Å². The minimum absolute atomic E-state index is 0.0999. The molecule has 2 N–H and O–H groups in total. The van der Waals surface area contributed by atoms with Crippen LogP contribution < -0.4 is 10.6 Å². The Hall–Kier alpha value is -0.610. The van der Waals surface area contributed by atoms with Crippen LogP contribution in [0.4, 0.5) is 0 Å². The highest BCUT2D eigenvalue weighted by Gasteiger charge is 2.24. The normalized spacial score (nSPS) is 27.4. The van der Waals surface area contributed by atoms with Gasteiger partial charge in [-0.05, 0) is 32.7 Å². The Labute approximate surface area is 98.1 Å². The van der Waals surface area contributed by atoms with Gasteiger partial charge in [0.1, 0.15) is 0 Å². The lowest BCUT2D eigenvalue weighted by Gasteiger charge is -2.27. The first-order chi connectivity index (χ1) is 7.63. The van der Waals surface area contributed by atoms with Crippen molar-refractivity contribution in [2.24, 2.45) is 11.8 Å². The van der Waals surface area contributed by atoms with Gasteiger partial charge in [-0.2, -0.15) is 0 Å². The third kappa shape index (κ3) is 4.49. The van der Waals surface area contributed by atoms with Gasteiger partial charge in [0.2, 0.25) is 5.91 Å². The maximum absolute atomic E-state index is 11.8. The lowest BCUT2D eigenvalue weighted by Crippen LogP contribution is -2.45. The number of ether oxygens (including phenoxy) is 1. The standard InChI is InChI=1S/C12H24N2O2/c1-4-16-10(3)7-14-12(15)11-5-9(2)6-13-8-11/h9-11,13H,4-8H2,1-3H3,(H,14,15). The monoisotopic (exact) mass is 228 g/mol. The molecule has 0 radical (unpaired) electrons. The van der Waals surface area contributed by atoms with Crippen molar-refractivity contribution in [3.8, 4) is 0 Å². The Kier molecular flexibility index (Phi) is 5.77. The lowest BCUT2D eigenvalue weighted by atomic mass is 9.91. The van der Waals surface area contributed by atoms with Gasteiger partial charge in [0.05, 0.1) is 12.0 Å². The average molecular weight is 228 g/mol. The van der Waals surface area contributed by atoms with E-state index in [1.54, 1.807) is 0 Å². The molecule has 1 fully saturated rings. The number of hydrogen-bond acceptors (Lipinski definition) is 3. The summed E-state index contributed by atoms with van der Waals surface area (Å²) < 4.78 is 5.37. The molecule has 3 atom stereocenters. The van der Waals surface area contributed by atoms with Crippen molar-refractivity contribution in [2.75, 3.05) is 26.2 Å². The van der Waals surface area contributed by atoms with E-state index in [1.165, 1.54) is 0 Å². The first-order valence-electron chi connectivity index (χ1n) is 6.23. The van der Waals surface area contributed by atoms with E-state index in [-0.39, 0.29) is 17.9 Å². The van der Waals surface area contributed by atoms with Crippen LogP contribution in [0.1, 0.15) is 27.2 Å². The summed E-state index contributed by atoms with van der Waals surface area (Å²) in [4.78, 5) is 11.8. The molecule has 0 spiro atoms. The van der Waals surface area contributed by atoms with E-state index in [9.17, 15) is 4.79 Å². The molecule has 0 aromatic carbocycles. The van der Waals surface area contributed by atoms with Crippen LogP contribution in [0.15, 0.2) is 0 Å². The van der Waals surface area contributed by atoms with Gasteiger partial charge in [-0.15, -0.1) is 0 Å². The molecule has 16 heavy (non-hydrogen) atoms.